The summed E-state index contributed by atoms with van der Waals surface area (Å²) in [6, 6.07) is 4.96. The molecule has 142 valence electrons. The van der Waals surface area contributed by atoms with Crippen LogP contribution in [0.1, 0.15) is 26.3 Å². The first-order valence-corrected chi connectivity index (χ1v) is 8.59. The highest BCUT2D eigenvalue weighted by molar-refractivity contribution is 6.37. The van der Waals surface area contributed by atoms with E-state index in [1.165, 1.54) is 18.0 Å². The molecule has 0 aliphatic carbocycles. The Balaban J connectivity index is 2.50. The molecule has 1 rings (SSSR count). The van der Waals surface area contributed by atoms with Crippen LogP contribution >= 0.6 is 23.2 Å². The Morgan fingerprint density at radius 1 is 1.19 bits per heavy atom. The van der Waals surface area contributed by atoms with Gasteiger partial charge in [-0.1, -0.05) is 29.3 Å². The molecular weight excluding hydrogens is 379 g/mol. The second kappa shape index (κ2) is 9.59. The maximum absolute atomic E-state index is 11.9. The van der Waals surface area contributed by atoms with Crippen LogP contribution < -0.4 is 5.32 Å². The molecule has 26 heavy (non-hydrogen) atoms. The van der Waals surface area contributed by atoms with Crippen LogP contribution in [0.3, 0.4) is 0 Å². The standard InChI is InChI=1S/C18H22Cl2N2O4/c1-18(2,3)21-15(23)10-22(4)16(24)11-26-17(25)9-8-12-13(19)6-5-7-14(12)20/h5-9H,10-11H2,1-4H3,(H,21,23)/b9-8+. The third-order valence-electron chi connectivity index (χ3n) is 3.04. The van der Waals surface area contributed by atoms with Crippen molar-refractivity contribution in [3.05, 3.63) is 39.9 Å². The number of carbonyl (C=O) groups excluding carboxylic acids is 3. The van der Waals surface area contributed by atoms with Crippen LogP contribution in [0.5, 0.6) is 0 Å². The summed E-state index contributed by atoms with van der Waals surface area (Å²) in [5, 5.41) is 3.52. The molecule has 0 radical (unpaired) electrons. The fourth-order valence-corrected chi connectivity index (χ4v) is 2.40. The molecule has 0 aromatic heterocycles. The first-order chi connectivity index (χ1) is 12.0. The first-order valence-electron chi connectivity index (χ1n) is 7.83. The molecule has 0 spiro atoms. The third kappa shape index (κ3) is 7.89. The monoisotopic (exact) mass is 400 g/mol. The second-order valence-electron chi connectivity index (χ2n) is 6.62. The van der Waals surface area contributed by atoms with Gasteiger partial charge in [0.2, 0.25) is 5.91 Å². The van der Waals surface area contributed by atoms with Crippen molar-refractivity contribution in [1.29, 1.82) is 0 Å². The van der Waals surface area contributed by atoms with Crippen LogP contribution in [0, 0.1) is 0 Å². The molecule has 0 aliphatic heterocycles. The average Bonchev–Trinajstić information content (AvgIpc) is 2.50. The quantitative estimate of drug-likeness (QED) is 0.588. The summed E-state index contributed by atoms with van der Waals surface area (Å²) in [5.41, 5.74) is 0.0909. The van der Waals surface area contributed by atoms with Crippen LogP contribution in [0.25, 0.3) is 6.08 Å². The fraction of sp³-hybridized carbons (Fsp3) is 0.389. The summed E-state index contributed by atoms with van der Waals surface area (Å²) >= 11 is 12.0. The van der Waals surface area contributed by atoms with Gasteiger partial charge in [-0.05, 0) is 39.0 Å². The molecule has 1 aromatic rings. The van der Waals surface area contributed by atoms with Crippen LogP contribution in [-0.4, -0.2) is 48.4 Å². The molecule has 0 fully saturated rings. The summed E-state index contributed by atoms with van der Waals surface area (Å²) in [7, 11) is 1.46. The Hall–Kier alpha value is -2.05. The summed E-state index contributed by atoms with van der Waals surface area (Å²) in [5.74, 6) is -1.51. The van der Waals surface area contributed by atoms with Gasteiger partial charge in [-0.15, -0.1) is 0 Å². The maximum Gasteiger partial charge on any atom is 0.331 e. The van der Waals surface area contributed by atoms with Crippen molar-refractivity contribution in [2.24, 2.45) is 0 Å². The predicted octanol–water partition coefficient (Wildman–Crippen LogP) is 2.92. The third-order valence-corrected chi connectivity index (χ3v) is 3.70. The Morgan fingerprint density at radius 2 is 1.77 bits per heavy atom. The number of amides is 2. The number of ether oxygens (including phenoxy) is 1. The smallest absolute Gasteiger partial charge is 0.331 e. The molecule has 0 unspecified atom stereocenters. The molecule has 6 nitrogen and oxygen atoms in total. The van der Waals surface area contributed by atoms with Crippen LogP contribution in [0.15, 0.2) is 24.3 Å². The topological polar surface area (TPSA) is 75.7 Å². The van der Waals surface area contributed by atoms with Crippen molar-refractivity contribution in [2.75, 3.05) is 20.2 Å². The number of halogens is 2. The van der Waals surface area contributed by atoms with Gasteiger partial charge < -0.3 is 15.0 Å². The van der Waals surface area contributed by atoms with Gasteiger partial charge in [0.1, 0.15) is 0 Å². The normalized spacial score (nSPS) is 11.3. The van der Waals surface area contributed by atoms with Crippen LogP contribution in [0.4, 0.5) is 0 Å². The highest BCUT2D eigenvalue weighted by Crippen LogP contribution is 2.25. The molecule has 1 N–H and O–H groups in total. The summed E-state index contributed by atoms with van der Waals surface area (Å²) in [4.78, 5) is 36.6. The minimum absolute atomic E-state index is 0.126. The lowest BCUT2D eigenvalue weighted by molar-refractivity contribution is -0.148. The largest absolute Gasteiger partial charge is 0.452 e. The maximum atomic E-state index is 11.9. The van der Waals surface area contributed by atoms with Gasteiger partial charge in [0.25, 0.3) is 5.91 Å². The van der Waals surface area contributed by atoms with E-state index in [4.69, 9.17) is 27.9 Å². The molecule has 0 aliphatic rings. The van der Waals surface area contributed by atoms with E-state index in [-0.39, 0.29) is 12.5 Å². The Morgan fingerprint density at radius 3 is 2.31 bits per heavy atom. The Bertz CT molecular complexity index is 691. The van der Waals surface area contributed by atoms with Gasteiger partial charge in [0.05, 0.1) is 6.54 Å². The predicted molar refractivity (Wildman–Crippen MR) is 102 cm³/mol. The van der Waals surface area contributed by atoms with E-state index in [2.05, 4.69) is 5.32 Å². The molecule has 8 heteroatoms. The van der Waals surface area contributed by atoms with E-state index in [1.807, 2.05) is 20.8 Å². The lowest BCUT2D eigenvalue weighted by Crippen LogP contribution is -2.46. The number of hydrogen-bond donors (Lipinski definition) is 1. The van der Waals surface area contributed by atoms with Crippen molar-refractivity contribution in [3.8, 4) is 0 Å². The molecule has 0 bridgehead atoms. The fourth-order valence-electron chi connectivity index (χ4n) is 1.87. The molecular formula is C18H22Cl2N2O4. The second-order valence-corrected chi connectivity index (χ2v) is 7.44. The summed E-state index contributed by atoms with van der Waals surface area (Å²) in [6.07, 6.45) is 2.55. The molecule has 1 aromatic carbocycles. The van der Waals surface area contributed by atoms with Crippen molar-refractivity contribution in [1.82, 2.24) is 10.2 Å². The number of nitrogens with zero attached hydrogens (tertiary/aromatic N) is 1. The number of likely N-dealkylation sites (N-methyl/N-ethyl adjacent to an activating group) is 1. The first kappa shape index (κ1) is 22.0. The van der Waals surface area contributed by atoms with Crippen molar-refractivity contribution in [2.45, 2.75) is 26.3 Å². The van der Waals surface area contributed by atoms with Crippen molar-refractivity contribution < 1.29 is 19.1 Å². The SMILES string of the molecule is CN(CC(=O)NC(C)(C)C)C(=O)COC(=O)/C=C/c1c(Cl)cccc1Cl. The van der Waals surface area contributed by atoms with Gasteiger partial charge in [0.15, 0.2) is 6.61 Å². The van der Waals surface area contributed by atoms with Gasteiger partial charge in [-0.3, -0.25) is 9.59 Å². The number of benzene rings is 1. The van der Waals surface area contributed by atoms with Crippen molar-refractivity contribution >= 4 is 47.1 Å². The van der Waals surface area contributed by atoms with E-state index in [0.29, 0.717) is 15.6 Å². The minimum atomic E-state index is -0.720. The minimum Gasteiger partial charge on any atom is -0.452 e. The van der Waals surface area contributed by atoms with Crippen LogP contribution in [-0.2, 0) is 19.1 Å². The van der Waals surface area contributed by atoms with Crippen LogP contribution in [0.2, 0.25) is 10.0 Å². The number of rotatable bonds is 6. The van der Waals surface area contributed by atoms with E-state index < -0.39 is 24.0 Å². The molecule has 2 amide bonds. The highest BCUT2D eigenvalue weighted by Gasteiger charge is 2.18. The van der Waals surface area contributed by atoms with Crippen molar-refractivity contribution in [3.63, 3.8) is 0 Å². The molecule has 0 saturated carbocycles. The molecule has 0 saturated heterocycles. The zero-order valence-corrected chi connectivity index (χ0v) is 16.6. The van der Waals surface area contributed by atoms with Gasteiger partial charge in [0, 0.05) is 34.3 Å². The lowest BCUT2D eigenvalue weighted by Gasteiger charge is -2.23. The number of nitrogens with one attached hydrogen (secondary N) is 1. The van der Waals surface area contributed by atoms with E-state index in [0.717, 1.165) is 6.08 Å². The summed E-state index contributed by atoms with van der Waals surface area (Å²) < 4.78 is 4.87. The zero-order valence-electron chi connectivity index (χ0n) is 15.1. The van der Waals surface area contributed by atoms with Gasteiger partial charge in [-0.25, -0.2) is 4.79 Å². The zero-order chi connectivity index (χ0) is 19.9. The molecule has 0 heterocycles. The van der Waals surface area contributed by atoms with E-state index in [9.17, 15) is 14.4 Å². The molecule has 0 atom stereocenters. The number of hydrogen-bond acceptors (Lipinski definition) is 4. The number of carbonyl (C=O) groups is 3. The summed E-state index contributed by atoms with van der Waals surface area (Å²) in [6.45, 7) is 4.92. The average molecular weight is 401 g/mol. The Kier molecular flexibility index (Phi) is 8.11. The van der Waals surface area contributed by atoms with Gasteiger partial charge in [-0.2, -0.15) is 0 Å². The Labute approximate surface area is 163 Å². The van der Waals surface area contributed by atoms with E-state index in [1.54, 1.807) is 18.2 Å². The number of esters is 1. The van der Waals surface area contributed by atoms with Gasteiger partial charge >= 0.3 is 5.97 Å². The van der Waals surface area contributed by atoms with E-state index >= 15 is 0 Å². The lowest BCUT2D eigenvalue weighted by atomic mass is 10.1. The highest BCUT2D eigenvalue weighted by atomic mass is 35.5.